The number of likely N-dealkylation sites (tertiary alicyclic amines) is 1. The summed E-state index contributed by atoms with van der Waals surface area (Å²) < 4.78 is 20.0. The van der Waals surface area contributed by atoms with Crippen molar-refractivity contribution < 1.29 is 19.0 Å². The van der Waals surface area contributed by atoms with Crippen molar-refractivity contribution in [3.63, 3.8) is 0 Å². The molecule has 0 unspecified atom stereocenters. The van der Waals surface area contributed by atoms with E-state index in [-0.39, 0.29) is 18.1 Å². The van der Waals surface area contributed by atoms with Crippen molar-refractivity contribution in [2.45, 2.75) is 90.1 Å². The zero-order valence-electron chi connectivity index (χ0n) is 18.5. The number of carbonyl (C=O) groups is 1. The summed E-state index contributed by atoms with van der Waals surface area (Å²) in [4.78, 5) is 23.5. The number of hydrogen-bond donors (Lipinski definition) is 1. The van der Waals surface area contributed by atoms with Crippen LogP contribution in [-0.2, 0) is 14.2 Å². The lowest BCUT2D eigenvalue weighted by Crippen LogP contribution is -2.45. The smallest absolute Gasteiger partial charge is 0.411 e. The molecule has 0 bridgehead atoms. The Bertz CT molecular complexity index is 983. The van der Waals surface area contributed by atoms with Crippen molar-refractivity contribution in [1.29, 1.82) is 0 Å². The number of hydrogen-bond acceptors (Lipinski definition) is 8. The van der Waals surface area contributed by atoms with Crippen LogP contribution in [0.4, 0.5) is 10.7 Å². The maximum absolute atomic E-state index is 13.4. The Morgan fingerprint density at radius 3 is 2.63 bits per heavy atom. The molecule has 0 aliphatic carbocycles. The van der Waals surface area contributed by atoms with Crippen molar-refractivity contribution in [3.05, 3.63) is 18.1 Å². The van der Waals surface area contributed by atoms with Crippen molar-refractivity contribution in [1.82, 2.24) is 24.5 Å². The highest BCUT2D eigenvalue weighted by molar-refractivity contribution is 5.72. The van der Waals surface area contributed by atoms with E-state index in [9.17, 15) is 4.79 Å². The minimum absolute atomic E-state index is 0.214. The summed E-state index contributed by atoms with van der Waals surface area (Å²) in [7, 11) is 0. The van der Waals surface area contributed by atoms with Gasteiger partial charge in [-0.1, -0.05) is 6.92 Å². The predicted octanol–water partition coefficient (Wildman–Crippen LogP) is 2.69. The van der Waals surface area contributed by atoms with Crippen LogP contribution in [0.25, 0.3) is 5.65 Å². The van der Waals surface area contributed by atoms with Crippen molar-refractivity contribution in [3.8, 4) is 0 Å². The first-order chi connectivity index (χ1) is 13.9. The lowest BCUT2D eigenvalue weighted by atomic mass is 9.89. The molecule has 0 radical (unpaired) electrons. The Morgan fingerprint density at radius 2 is 2.00 bits per heavy atom. The van der Waals surface area contributed by atoms with Gasteiger partial charge in [-0.25, -0.2) is 14.8 Å². The molecule has 30 heavy (non-hydrogen) atoms. The molecular formula is C20H30N6O4. The molecule has 164 valence electrons. The second-order valence-corrected chi connectivity index (χ2v) is 9.56. The summed E-state index contributed by atoms with van der Waals surface area (Å²) in [5.41, 5.74) is 5.72. The third-order valence-electron chi connectivity index (χ3n) is 5.64. The maximum Gasteiger partial charge on any atom is 0.411 e. The molecular weight excluding hydrogens is 388 g/mol. The van der Waals surface area contributed by atoms with Crippen molar-refractivity contribution in [2.75, 3.05) is 5.73 Å². The number of nitrogen functional groups attached to an aromatic ring is 1. The van der Waals surface area contributed by atoms with Gasteiger partial charge in [-0.2, -0.15) is 9.61 Å². The van der Waals surface area contributed by atoms with E-state index in [1.165, 1.54) is 10.8 Å². The van der Waals surface area contributed by atoms with E-state index in [0.717, 1.165) is 0 Å². The number of aromatic nitrogens is 4. The monoisotopic (exact) mass is 418 g/mol. The fraction of sp³-hybridized carbons (Fsp3) is 0.700. The number of nitrogens with zero attached hydrogens (tertiary/aromatic N) is 5. The van der Waals surface area contributed by atoms with Crippen LogP contribution in [0.2, 0.25) is 0 Å². The molecule has 1 amide bonds. The highest BCUT2D eigenvalue weighted by Crippen LogP contribution is 2.55. The van der Waals surface area contributed by atoms with E-state index in [0.29, 0.717) is 17.6 Å². The number of fused-ring (bicyclic) bond motifs is 2. The number of anilines is 1. The number of nitrogens with two attached hydrogens (primary N) is 1. The first-order valence-electron chi connectivity index (χ1n) is 10.2. The van der Waals surface area contributed by atoms with Gasteiger partial charge in [0, 0.05) is 5.56 Å². The molecule has 2 aliphatic rings. The standard InChI is InChI=1S/C20H30N6O4/c1-8-12-14-20(7,30-19(5,6)28-14)13(25(12)17(27)29-18(2,3)4)11-9-24-26-15(11)22-10-23-16(26)21/h9-10,12-14H,8H2,1-7H3,(H2,21,22,23)/t12-,13+,14-,20+/m1/s1. The number of amides is 1. The summed E-state index contributed by atoms with van der Waals surface area (Å²) >= 11 is 0. The maximum atomic E-state index is 13.4. The average Bonchev–Trinajstić information content (AvgIpc) is 3.19. The van der Waals surface area contributed by atoms with Gasteiger partial charge in [0.05, 0.1) is 18.3 Å². The minimum atomic E-state index is -0.829. The molecule has 10 heteroatoms. The topological polar surface area (TPSA) is 117 Å². The summed E-state index contributed by atoms with van der Waals surface area (Å²) in [6, 6.07) is -0.776. The Labute approximate surface area is 175 Å². The minimum Gasteiger partial charge on any atom is -0.444 e. The van der Waals surface area contributed by atoms with Gasteiger partial charge in [0.2, 0.25) is 5.95 Å². The highest BCUT2D eigenvalue weighted by atomic mass is 16.8. The number of ether oxygens (including phenoxy) is 3. The second-order valence-electron chi connectivity index (χ2n) is 9.56. The molecule has 4 rings (SSSR count). The molecule has 2 N–H and O–H groups in total. The fourth-order valence-electron chi connectivity index (χ4n) is 4.79. The molecule has 2 aliphatic heterocycles. The lowest BCUT2D eigenvalue weighted by Gasteiger charge is -2.37. The molecule has 4 heterocycles. The predicted molar refractivity (Wildman–Crippen MR) is 109 cm³/mol. The lowest BCUT2D eigenvalue weighted by molar-refractivity contribution is -0.182. The molecule has 10 nitrogen and oxygen atoms in total. The van der Waals surface area contributed by atoms with E-state index in [4.69, 9.17) is 19.9 Å². The van der Waals surface area contributed by atoms with Gasteiger partial charge in [-0.3, -0.25) is 4.90 Å². The van der Waals surface area contributed by atoms with Gasteiger partial charge in [0.1, 0.15) is 23.6 Å². The summed E-state index contributed by atoms with van der Waals surface area (Å²) in [6.45, 7) is 13.3. The van der Waals surface area contributed by atoms with E-state index in [1.54, 1.807) is 11.1 Å². The highest BCUT2D eigenvalue weighted by Gasteiger charge is 2.67. The van der Waals surface area contributed by atoms with Crippen molar-refractivity contribution >= 4 is 17.7 Å². The van der Waals surface area contributed by atoms with Gasteiger partial charge in [-0.05, 0) is 48.0 Å². The molecule has 2 aromatic heterocycles. The van der Waals surface area contributed by atoms with Crippen LogP contribution >= 0.6 is 0 Å². The quantitative estimate of drug-likeness (QED) is 0.791. The molecule has 0 spiro atoms. The first kappa shape index (κ1) is 20.8. The average molecular weight is 418 g/mol. The largest absolute Gasteiger partial charge is 0.444 e. The van der Waals surface area contributed by atoms with Gasteiger partial charge in [-0.15, -0.1) is 0 Å². The molecule has 2 saturated heterocycles. The van der Waals surface area contributed by atoms with Crippen LogP contribution < -0.4 is 5.73 Å². The summed E-state index contributed by atoms with van der Waals surface area (Å²) in [5, 5.41) is 4.36. The van der Waals surface area contributed by atoms with E-state index in [1.807, 2.05) is 48.5 Å². The zero-order valence-corrected chi connectivity index (χ0v) is 18.5. The third-order valence-corrected chi connectivity index (χ3v) is 5.64. The Hall–Kier alpha value is -2.46. The third kappa shape index (κ3) is 3.09. The first-order valence-corrected chi connectivity index (χ1v) is 10.2. The van der Waals surface area contributed by atoms with E-state index < -0.39 is 29.1 Å². The van der Waals surface area contributed by atoms with Gasteiger partial charge in [0.25, 0.3) is 0 Å². The molecule has 2 aromatic rings. The normalized spacial score (nSPS) is 30.6. The molecule has 4 atom stereocenters. The van der Waals surface area contributed by atoms with Gasteiger partial charge >= 0.3 is 6.09 Å². The molecule has 0 aromatic carbocycles. The fourth-order valence-corrected chi connectivity index (χ4v) is 4.79. The van der Waals surface area contributed by atoms with Crippen molar-refractivity contribution in [2.24, 2.45) is 0 Å². The van der Waals surface area contributed by atoms with Crippen LogP contribution in [0.3, 0.4) is 0 Å². The van der Waals surface area contributed by atoms with E-state index in [2.05, 4.69) is 15.1 Å². The Morgan fingerprint density at radius 1 is 1.30 bits per heavy atom. The molecule has 0 saturated carbocycles. The van der Waals surface area contributed by atoms with Crippen LogP contribution in [0, 0.1) is 0 Å². The summed E-state index contributed by atoms with van der Waals surface area (Å²) in [5.74, 6) is -0.576. The zero-order chi connectivity index (χ0) is 22.1. The number of rotatable bonds is 2. The SMILES string of the molecule is CC[C@@H]1[C@H]2OC(C)(C)O[C@@]2(C)[C@H](c2cnn3c(N)ncnc23)N1C(=O)OC(C)(C)C. The van der Waals surface area contributed by atoms with Gasteiger partial charge in [0.15, 0.2) is 11.4 Å². The second kappa shape index (κ2) is 6.52. The molecule has 2 fully saturated rings. The van der Waals surface area contributed by atoms with Crippen LogP contribution in [-0.4, -0.2) is 59.7 Å². The Balaban J connectivity index is 1.89. The Kier molecular flexibility index (Phi) is 4.52. The van der Waals surface area contributed by atoms with Crippen LogP contribution in [0.5, 0.6) is 0 Å². The van der Waals surface area contributed by atoms with E-state index >= 15 is 0 Å². The number of carbonyl (C=O) groups excluding carboxylic acids is 1. The van der Waals surface area contributed by atoms with Gasteiger partial charge < -0.3 is 19.9 Å². The van der Waals surface area contributed by atoms with Crippen LogP contribution in [0.15, 0.2) is 12.5 Å². The van der Waals surface area contributed by atoms with Crippen LogP contribution in [0.1, 0.15) is 66.5 Å². The summed E-state index contributed by atoms with van der Waals surface area (Å²) in [6.07, 6.45) is 2.95.